The van der Waals surface area contributed by atoms with Crippen LogP contribution in [0.3, 0.4) is 0 Å². The van der Waals surface area contributed by atoms with Gasteiger partial charge in [0, 0.05) is 51.9 Å². The fourth-order valence-corrected chi connectivity index (χ4v) is 4.86. The van der Waals surface area contributed by atoms with Gasteiger partial charge >= 0.3 is 0 Å². The van der Waals surface area contributed by atoms with Gasteiger partial charge in [-0.2, -0.15) is 4.31 Å². The minimum absolute atomic E-state index is 0.0841. The molecule has 1 aromatic carbocycles. The summed E-state index contributed by atoms with van der Waals surface area (Å²) in [4.78, 5) is 26.7. The molecule has 1 fully saturated rings. The SMILES string of the molecule is C=CCNC(=O)CN1CCN(c2ccc(S(=O)(=O)N(CC)CC)cc2[N+](=O)[O-])CC1. The number of benzene rings is 1. The van der Waals surface area contributed by atoms with Crippen molar-refractivity contribution in [3.05, 3.63) is 41.0 Å². The van der Waals surface area contributed by atoms with E-state index in [4.69, 9.17) is 0 Å². The summed E-state index contributed by atoms with van der Waals surface area (Å²) in [5.74, 6) is -0.0970. The molecule has 10 nitrogen and oxygen atoms in total. The molecule has 0 atom stereocenters. The Morgan fingerprint density at radius 2 is 1.90 bits per heavy atom. The molecule has 0 saturated carbocycles. The average Bonchev–Trinajstić information content (AvgIpc) is 2.73. The van der Waals surface area contributed by atoms with E-state index >= 15 is 0 Å². The molecule has 1 aliphatic heterocycles. The minimum Gasteiger partial charge on any atom is -0.363 e. The highest BCUT2D eigenvalue weighted by Gasteiger charge is 2.29. The van der Waals surface area contributed by atoms with Crippen molar-refractivity contribution in [2.24, 2.45) is 0 Å². The minimum atomic E-state index is -3.78. The number of carbonyl (C=O) groups excluding carboxylic acids is 1. The summed E-state index contributed by atoms with van der Waals surface area (Å²) in [7, 11) is -3.78. The summed E-state index contributed by atoms with van der Waals surface area (Å²) in [5.41, 5.74) is 0.148. The van der Waals surface area contributed by atoms with Crippen LogP contribution in [0.4, 0.5) is 11.4 Å². The molecule has 0 aliphatic carbocycles. The van der Waals surface area contributed by atoms with E-state index in [1.54, 1.807) is 19.9 Å². The van der Waals surface area contributed by atoms with Crippen molar-refractivity contribution in [1.29, 1.82) is 0 Å². The molecule has 0 aromatic heterocycles. The first-order valence-corrected chi connectivity index (χ1v) is 11.3. The number of hydrogen-bond donors (Lipinski definition) is 1. The fourth-order valence-electron chi connectivity index (χ4n) is 3.38. The Morgan fingerprint density at radius 3 is 2.43 bits per heavy atom. The first-order chi connectivity index (χ1) is 14.2. The molecule has 0 spiro atoms. The molecule has 0 bridgehead atoms. The number of nitrogens with zero attached hydrogens (tertiary/aromatic N) is 4. The molecule has 0 radical (unpaired) electrons. The van der Waals surface area contributed by atoms with Crippen LogP contribution in [0.2, 0.25) is 0 Å². The van der Waals surface area contributed by atoms with Crippen molar-refractivity contribution >= 4 is 27.3 Å². The third-order valence-electron chi connectivity index (χ3n) is 5.01. The van der Waals surface area contributed by atoms with E-state index in [-0.39, 0.29) is 36.1 Å². The molecule has 1 saturated heterocycles. The normalized spacial score (nSPS) is 15.2. The molecule has 166 valence electrons. The van der Waals surface area contributed by atoms with E-state index in [2.05, 4.69) is 11.9 Å². The lowest BCUT2D eigenvalue weighted by Gasteiger charge is -2.35. The molecule has 11 heteroatoms. The number of nitro benzene ring substituents is 1. The number of sulfonamides is 1. The summed E-state index contributed by atoms with van der Waals surface area (Å²) in [6.07, 6.45) is 1.61. The van der Waals surface area contributed by atoms with Crippen LogP contribution in [0.25, 0.3) is 0 Å². The van der Waals surface area contributed by atoms with Crippen LogP contribution in [0.5, 0.6) is 0 Å². The van der Waals surface area contributed by atoms with Gasteiger partial charge in [-0.15, -0.1) is 6.58 Å². The second-order valence-corrected chi connectivity index (χ2v) is 8.79. The summed E-state index contributed by atoms with van der Waals surface area (Å²) >= 11 is 0. The van der Waals surface area contributed by atoms with Crippen molar-refractivity contribution in [3.63, 3.8) is 0 Å². The van der Waals surface area contributed by atoms with Gasteiger partial charge in [0.05, 0.1) is 16.4 Å². The molecule has 1 aromatic rings. The van der Waals surface area contributed by atoms with Gasteiger partial charge in [-0.1, -0.05) is 19.9 Å². The molecule has 1 heterocycles. The van der Waals surface area contributed by atoms with Crippen molar-refractivity contribution < 1.29 is 18.1 Å². The first-order valence-electron chi connectivity index (χ1n) is 9.88. The highest BCUT2D eigenvalue weighted by molar-refractivity contribution is 7.89. The third-order valence-corrected chi connectivity index (χ3v) is 7.06. The van der Waals surface area contributed by atoms with Gasteiger partial charge in [0.2, 0.25) is 15.9 Å². The zero-order chi connectivity index (χ0) is 22.3. The lowest BCUT2D eigenvalue weighted by Crippen LogP contribution is -2.49. The van der Waals surface area contributed by atoms with Crippen LogP contribution in [-0.4, -0.2) is 80.8 Å². The van der Waals surface area contributed by atoms with E-state index < -0.39 is 14.9 Å². The van der Waals surface area contributed by atoms with Crippen LogP contribution in [0.1, 0.15) is 13.8 Å². The Kier molecular flexibility index (Phi) is 8.33. The predicted molar refractivity (Wildman–Crippen MR) is 115 cm³/mol. The molecule has 30 heavy (non-hydrogen) atoms. The van der Waals surface area contributed by atoms with Gasteiger partial charge in [-0.3, -0.25) is 19.8 Å². The highest BCUT2D eigenvalue weighted by atomic mass is 32.2. The zero-order valence-electron chi connectivity index (χ0n) is 17.4. The molecule has 1 aliphatic rings. The highest BCUT2D eigenvalue weighted by Crippen LogP contribution is 2.32. The summed E-state index contributed by atoms with van der Waals surface area (Å²) in [5, 5.41) is 14.4. The second-order valence-electron chi connectivity index (χ2n) is 6.85. The van der Waals surface area contributed by atoms with Gasteiger partial charge < -0.3 is 10.2 Å². The summed E-state index contributed by atoms with van der Waals surface area (Å²) in [6.45, 7) is 10.4. The molecule has 1 amide bonds. The van der Waals surface area contributed by atoms with Gasteiger partial charge in [-0.25, -0.2) is 8.42 Å². The first kappa shape index (κ1) is 23.8. The lowest BCUT2D eigenvalue weighted by molar-refractivity contribution is -0.384. The smallest absolute Gasteiger partial charge is 0.293 e. The second kappa shape index (κ2) is 10.5. The maximum absolute atomic E-state index is 12.7. The monoisotopic (exact) mass is 439 g/mol. The quantitative estimate of drug-likeness (QED) is 0.329. The molecular formula is C19H29N5O5S. The topological polar surface area (TPSA) is 116 Å². The van der Waals surface area contributed by atoms with Crippen LogP contribution in [0.15, 0.2) is 35.7 Å². The van der Waals surface area contributed by atoms with Crippen molar-refractivity contribution in [1.82, 2.24) is 14.5 Å². The average molecular weight is 440 g/mol. The van der Waals surface area contributed by atoms with Crippen LogP contribution in [-0.2, 0) is 14.8 Å². The number of anilines is 1. The Hall–Kier alpha value is -2.50. The van der Waals surface area contributed by atoms with Crippen molar-refractivity contribution in [2.45, 2.75) is 18.7 Å². The van der Waals surface area contributed by atoms with E-state index in [0.29, 0.717) is 38.4 Å². The van der Waals surface area contributed by atoms with Crippen LogP contribution < -0.4 is 10.2 Å². The van der Waals surface area contributed by atoms with Crippen molar-refractivity contribution in [2.75, 3.05) is 57.3 Å². The zero-order valence-corrected chi connectivity index (χ0v) is 18.2. The number of amides is 1. The predicted octanol–water partition coefficient (Wildman–Crippen LogP) is 1.05. The third kappa shape index (κ3) is 5.55. The van der Waals surface area contributed by atoms with Gasteiger partial charge in [-0.05, 0) is 12.1 Å². The molecular weight excluding hydrogens is 410 g/mol. The molecule has 0 unspecified atom stereocenters. The van der Waals surface area contributed by atoms with Crippen molar-refractivity contribution in [3.8, 4) is 0 Å². The van der Waals surface area contributed by atoms with E-state index in [0.717, 1.165) is 6.07 Å². The fraction of sp³-hybridized carbons (Fsp3) is 0.526. The Balaban J connectivity index is 2.16. The molecule has 1 N–H and O–H groups in total. The Bertz CT molecular complexity index is 877. The van der Waals surface area contributed by atoms with Crippen LogP contribution >= 0.6 is 0 Å². The van der Waals surface area contributed by atoms with E-state index in [1.165, 1.54) is 16.4 Å². The number of rotatable bonds is 10. The van der Waals surface area contributed by atoms with Gasteiger partial charge in [0.15, 0.2) is 0 Å². The number of piperazine rings is 1. The maximum atomic E-state index is 12.7. The maximum Gasteiger partial charge on any atom is 0.293 e. The summed E-state index contributed by atoms with van der Waals surface area (Å²) in [6, 6.07) is 4.06. The number of carbonyl (C=O) groups is 1. The van der Waals surface area contributed by atoms with Gasteiger partial charge in [0.1, 0.15) is 5.69 Å². The van der Waals surface area contributed by atoms with Gasteiger partial charge in [0.25, 0.3) is 5.69 Å². The summed E-state index contributed by atoms with van der Waals surface area (Å²) < 4.78 is 26.7. The largest absolute Gasteiger partial charge is 0.363 e. The van der Waals surface area contributed by atoms with Crippen LogP contribution in [0, 0.1) is 10.1 Å². The van der Waals surface area contributed by atoms with E-state index in [1.807, 2.05) is 9.80 Å². The number of hydrogen-bond acceptors (Lipinski definition) is 7. The lowest BCUT2D eigenvalue weighted by atomic mass is 10.2. The van der Waals surface area contributed by atoms with E-state index in [9.17, 15) is 23.3 Å². The Morgan fingerprint density at radius 1 is 1.27 bits per heavy atom. The molecule has 2 rings (SSSR count). The Labute approximate surface area is 177 Å². The number of nitrogens with one attached hydrogen (secondary N) is 1. The number of nitro groups is 1. The standard InChI is InChI=1S/C19H29N5O5S/c1-4-9-20-19(25)15-21-10-12-22(13-11-21)17-8-7-16(14-18(17)24(26)27)30(28,29)23(5-2)6-3/h4,7-8,14H,1,5-6,9-13,15H2,2-3H3,(H,20,25).